The first-order valence-corrected chi connectivity index (χ1v) is 16.3. The number of ether oxygens (including phenoxy) is 3. The number of benzene rings is 3. The number of primary sulfonamides is 1. The lowest BCUT2D eigenvalue weighted by Gasteiger charge is -2.30. The molecule has 0 amide bonds. The number of hydrogen-bond acceptors (Lipinski definition) is 8. The zero-order valence-electron chi connectivity index (χ0n) is 25.9. The number of nitrogens with two attached hydrogens (primary N) is 1. The molecular weight excluding hydrogens is 590 g/mol. The Hall–Kier alpha value is -4.38. The predicted octanol–water partition coefficient (Wildman–Crippen LogP) is 6.36. The molecule has 2 aromatic heterocycles. The van der Waals surface area contributed by atoms with Gasteiger partial charge in [0.2, 0.25) is 15.9 Å². The van der Waals surface area contributed by atoms with Gasteiger partial charge in [-0.15, -0.1) is 0 Å². The molecule has 0 aliphatic carbocycles. The molecule has 1 aliphatic rings. The highest BCUT2D eigenvalue weighted by molar-refractivity contribution is 7.89. The summed E-state index contributed by atoms with van der Waals surface area (Å²) in [5.41, 5.74) is 6.13. The van der Waals surface area contributed by atoms with E-state index in [-0.39, 0.29) is 17.3 Å². The highest BCUT2D eigenvalue weighted by atomic mass is 32.2. The average Bonchev–Trinajstić information content (AvgIpc) is 2.98. The second kappa shape index (κ2) is 11.5. The van der Waals surface area contributed by atoms with Crippen LogP contribution in [0.3, 0.4) is 0 Å². The number of ketones is 1. The summed E-state index contributed by atoms with van der Waals surface area (Å²) in [7, 11) is -3.78. The molecule has 0 spiro atoms. The van der Waals surface area contributed by atoms with Crippen molar-refractivity contribution in [2.45, 2.75) is 64.2 Å². The van der Waals surface area contributed by atoms with Crippen molar-refractivity contribution in [3.63, 3.8) is 0 Å². The molecular formula is C35H35N3O6S. The van der Waals surface area contributed by atoms with Gasteiger partial charge in [0.25, 0.3) is 0 Å². The van der Waals surface area contributed by atoms with Crippen LogP contribution in [0.4, 0.5) is 0 Å². The molecule has 1 aliphatic heterocycles. The Labute approximate surface area is 262 Å². The number of carbonyl (C=O) groups excluding carboxylic acids is 1. The molecule has 0 radical (unpaired) electrons. The topological polar surface area (TPSA) is 131 Å². The number of carbonyl (C=O) groups is 1. The molecule has 10 heteroatoms. The molecule has 3 aromatic carbocycles. The second-order valence-corrected chi connectivity index (χ2v) is 13.9. The largest absolute Gasteiger partial charge is 0.493 e. The van der Waals surface area contributed by atoms with Crippen molar-refractivity contribution in [2.75, 3.05) is 6.61 Å². The van der Waals surface area contributed by atoms with E-state index < -0.39 is 21.7 Å². The van der Waals surface area contributed by atoms with Crippen molar-refractivity contribution in [2.24, 2.45) is 5.14 Å². The van der Waals surface area contributed by atoms with Gasteiger partial charge in [0.15, 0.2) is 5.78 Å². The van der Waals surface area contributed by atoms with Crippen LogP contribution in [-0.4, -0.2) is 36.4 Å². The van der Waals surface area contributed by atoms with Crippen LogP contribution in [0.15, 0.2) is 71.8 Å². The van der Waals surface area contributed by atoms with Gasteiger partial charge in [-0.25, -0.2) is 18.5 Å². The summed E-state index contributed by atoms with van der Waals surface area (Å²) in [6.07, 6.45) is 1.79. The fourth-order valence-corrected chi connectivity index (χ4v) is 6.36. The third kappa shape index (κ3) is 6.13. The minimum absolute atomic E-state index is 0.0351. The Balaban J connectivity index is 1.51. The van der Waals surface area contributed by atoms with E-state index in [0.29, 0.717) is 18.0 Å². The highest BCUT2D eigenvalue weighted by Crippen LogP contribution is 2.45. The molecule has 2 N–H and O–H groups in total. The van der Waals surface area contributed by atoms with Gasteiger partial charge in [0.1, 0.15) is 18.5 Å². The van der Waals surface area contributed by atoms with Crippen LogP contribution in [0.5, 0.6) is 11.6 Å². The Morgan fingerprint density at radius 2 is 1.82 bits per heavy atom. The molecule has 0 saturated heterocycles. The normalized spacial score (nSPS) is 13.9. The maximum Gasteiger partial charge on any atom is 0.238 e. The van der Waals surface area contributed by atoms with Crippen molar-refractivity contribution < 1.29 is 27.4 Å². The first kappa shape index (κ1) is 30.6. The molecule has 5 aromatic rings. The van der Waals surface area contributed by atoms with Crippen molar-refractivity contribution in [1.82, 2.24) is 9.97 Å². The smallest absolute Gasteiger partial charge is 0.238 e. The van der Waals surface area contributed by atoms with E-state index in [0.717, 1.165) is 56.3 Å². The first-order valence-electron chi connectivity index (χ1n) is 14.7. The van der Waals surface area contributed by atoms with Crippen molar-refractivity contribution >= 4 is 37.6 Å². The molecule has 45 heavy (non-hydrogen) atoms. The molecule has 1 atom stereocenters. The van der Waals surface area contributed by atoms with Crippen molar-refractivity contribution in [1.29, 1.82) is 0 Å². The zero-order valence-corrected chi connectivity index (χ0v) is 26.7. The summed E-state index contributed by atoms with van der Waals surface area (Å²) < 4.78 is 41.6. The van der Waals surface area contributed by atoms with E-state index in [2.05, 4.69) is 0 Å². The number of nitrogens with zero attached hydrogens (tertiary/aromatic N) is 2. The molecule has 3 heterocycles. The van der Waals surface area contributed by atoms with Gasteiger partial charge in [-0.1, -0.05) is 12.1 Å². The standard InChI is InChI=1S/C35H35N3O6S/c1-20-18-27-25(11-13-29(38-27)43-19-22-6-8-24(9-7-22)45(36,40)41)32(30(20)34(21(2)39)44-35(3,4)5)26-10-12-28-31-23(15-17-42-28)14-16-37-33(26)31/h6-14,16,18,34H,15,17,19H2,1-5H3,(H2,36,40,41). The summed E-state index contributed by atoms with van der Waals surface area (Å²) in [5, 5.41) is 7.01. The lowest BCUT2D eigenvalue weighted by Crippen LogP contribution is -2.27. The van der Waals surface area contributed by atoms with Crippen LogP contribution in [0.2, 0.25) is 0 Å². The maximum absolute atomic E-state index is 13.2. The molecule has 0 saturated carbocycles. The van der Waals surface area contributed by atoms with Crippen LogP contribution >= 0.6 is 0 Å². The van der Waals surface area contributed by atoms with Crippen LogP contribution in [0.25, 0.3) is 32.9 Å². The summed E-state index contributed by atoms with van der Waals surface area (Å²) in [6, 6.07) is 17.9. The van der Waals surface area contributed by atoms with E-state index in [1.807, 2.05) is 64.2 Å². The molecule has 0 bridgehead atoms. The number of sulfonamides is 1. The molecule has 1 unspecified atom stereocenters. The molecule has 9 nitrogen and oxygen atoms in total. The Bertz CT molecular complexity index is 2060. The molecule has 0 fully saturated rings. The number of pyridine rings is 2. The molecule has 232 valence electrons. The van der Waals surface area contributed by atoms with Crippen molar-refractivity contribution in [3.8, 4) is 22.8 Å². The SMILES string of the molecule is CC(=O)C(OC(C)(C)C)c1c(C)cc2nc(OCc3ccc(S(N)(=O)=O)cc3)ccc2c1-c1ccc2c3c(ccnc13)CCO2. The van der Waals surface area contributed by atoms with Gasteiger partial charge < -0.3 is 14.2 Å². The van der Waals surface area contributed by atoms with E-state index in [9.17, 15) is 13.2 Å². The number of rotatable bonds is 8. The lowest BCUT2D eigenvalue weighted by molar-refractivity contribution is -0.138. The average molecular weight is 626 g/mol. The first-order chi connectivity index (χ1) is 21.3. The fraction of sp³-hybridized carbons (Fsp3) is 0.286. The summed E-state index contributed by atoms with van der Waals surface area (Å²) in [5.74, 6) is 1.09. The van der Waals surface area contributed by atoms with E-state index >= 15 is 0 Å². The molecule has 6 rings (SSSR count). The highest BCUT2D eigenvalue weighted by Gasteiger charge is 2.31. The van der Waals surface area contributed by atoms with Gasteiger partial charge in [-0.2, -0.15) is 0 Å². The van der Waals surface area contributed by atoms with Gasteiger partial charge in [0, 0.05) is 35.0 Å². The van der Waals surface area contributed by atoms with Gasteiger partial charge in [0.05, 0.1) is 28.1 Å². The monoisotopic (exact) mass is 625 g/mol. The predicted molar refractivity (Wildman–Crippen MR) is 173 cm³/mol. The summed E-state index contributed by atoms with van der Waals surface area (Å²) in [4.78, 5) is 22.9. The van der Waals surface area contributed by atoms with E-state index in [1.54, 1.807) is 25.1 Å². The zero-order chi connectivity index (χ0) is 32.1. The Morgan fingerprint density at radius 1 is 1.07 bits per heavy atom. The minimum Gasteiger partial charge on any atom is -0.493 e. The maximum atomic E-state index is 13.2. The summed E-state index contributed by atoms with van der Waals surface area (Å²) >= 11 is 0. The van der Waals surface area contributed by atoms with Crippen molar-refractivity contribution in [3.05, 3.63) is 89.1 Å². The van der Waals surface area contributed by atoms with E-state index in [1.165, 1.54) is 17.7 Å². The third-order valence-corrected chi connectivity index (χ3v) is 8.73. The fourth-order valence-electron chi connectivity index (χ4n) is 5.85. The van der Waals surface area contributed by atoms with Gasteiger partial charge in [-0.3, -0.25) is 9.78 Å². The third-order valence-electron chi connectivity index (χ3n) is 7.80. The Kier molecular flexibility index (Phi) is 7.84. The van der Waals surface area contributed by atoms with Gasteiger partial charge >= 0.3 is 0 Å². The number of fused-ring (bicyclic) bond motifs is 1. The number of aromatic nitrogens is 2. The number of Topliss-reactive ketones (excluding diaryl/α,β-unsaturated/α-hetero) is 1. The minimum atomic E-state index is -3.78. The van der Waals surface area contributed by atoms with Crippen LogP contribution < -0.4 is 14.6 Å². The Morgan fingerprint density at radius 3 is 2.51 bits per heavy atom. The van der Waals surface area contributed by atoms with Crippen LogP contribution in [0.1, 0.15) is 56.1 Å². The van der Waals surface area contributed by atoms with E-state index in [4.69, 9.17) is 29.3 Å². The quantitative estimate of drug-likeness (QED) is 0.211. The number of aryl methyl sites for hydroxylation is 1. The lowest BCUT2D eigenvalue weighted by atomic mass is 9.86. The van der Waals surface area contributed by atoms with Crippen LogP contribution in [0, 0.1) is 6.92 Å². The second-order valence-electron chi connectivity index (χ2n) is 12.3. The van der Waals surface area contributed by atoms with Gasteiger partial charge in [-0.05, 0) is 105 Å². The summed E-state index contributed by atoms with van der Waals surface area (Å²) in [6.45, 7) is 10.1. The number of hydrogen-bond donors (Lipinski definition) is 1. The van der Waals surface area contributed by atoms with Crippen LogP contribution in [-0.2, 0) is 32.6 Å².